The van der Waals surface area contributed by atoms with Crippen molar-refractivity contribution in [2.45, 2.75) is 43.6 Å². The van der Waals surface area contributed by atoms with Crippen molar-refractivity contribution in [3.05, 3.63) is 64.4 Å². The number of halogens is 1. The molecule has 6 rings (SSSR count). The Morgan fingerprint density at radius 2 is 2.03 bits per heavy atom. The van der Waals surface area contributed by atoms with E-state index in [2.05, 4.69) is 27.9 Å². The van der Waals surface area contributed by atoms with Gasteiger partial charge in [0.15, 0.2) is 11.6 Å². The number of amides is 3. The number of hydrogen-bond acceptors (Lipinski definition) is 6. The molecule has 3 unspecified atom stereocenters. The van der Waals surface area contributed by atoms with Crippen molar-refractivity contribution in [1.82, 2.24) is 20.9 Å². The van der Waals surface area contributed by atoms with Gasteiger partial charge in [0.05, 0.1) is 22.0 Å². The van der Waals surface area contributed by atoms with Crippen molar-refractivity contribution >= 4 is 29.4 Å². The number of carbonyl (C=O) groups is 2. The monoisotopic (exact) mass is 537 g/mol. The summed E-state index contributed by atoms with van der Waals surface area (Å²) in [6.45, 7) is 4.42. The Kier molecular flexibility index (Phi) is 6.79. The molecule has 4 atom stereocenters. The minimum Gasteiger partial charge on any atom is -0.454 e. The molecule has 3 fully saturated rings. The number of rotatable bonds is 5. The van der Waals surface area contributed by atoms with Gasteiger partial charge in [0.2, 0.25) is 0 Å². The van der Waals surface area contributed by atoms with Gasteiger partial charge in [-0.3, -0.25) is 9.69 Å². The van der Waals surface area contributed by atoms with Gasteiger partial charge in [-0.1, -0.05) is 30.0 Å². The van der Waals surface area contributed by atoms with E-state index < -0.39 is 5.82 Å². The predicted molar refractivity (Wildman–Crippen MR) is 146 cm³/mol. The molecule has 4 aliphatic rings. The van der Waals surface area contributed by atoms with E-state index >= 15 is 4.39 Å². The van der Waals surface area contributed by atoms with E-state index in [1.54, 1.807) is 23.1 Å². The fraction of sp³-hybridized carbons (Fsp3) is 0.429. The van der Waals surface area contributed by atoms with Crippen molar-refractivity contribution in [1.29, 1.82) is 0 Å². The van der Waals surface area contributed by atoms with Crippen molar-refractivity contribution in [2.24, 2.45) is 5.92 Å². The number of nitrogens with one attached hydrogen (secondary N) is 3. The van der Waals surface area contributed by atoms with Crippen LogP contribution in [0, 0.1) is 18.7 Å². The summed E-state index contributed by atoms with van der Waals surface area (Å²) in [6, 6.07) is 11.6. The lowest BCUT2D eigenvalue weighted by Gasteiger charge is -2.46. The molecule has 3 N–H and O–H groups in total. The Hall–Kier alpha value is -3.08. The lowest BCUT2D eigenvalue weighted by Crippen LogP contribution is -2.62. The number of para-hydroxylation sites is 1. The van der Waals surface area contributed by atoms with Crippen LogP contribution >= 0.6 is 11.8 Å². The molecule has 0 saturated carbocycles. The molecule has 3 saturated heterocycles. The average molecular weight is 538 g/mol. The van der Waals surface area contributed by atoms with Crippen LogP contribution in [-0.2, 0) is 4.79 Å². The topological polar surface area (TPSA) is 85.9 Å². The maximum Gasteiger partial charge on any atom is 0.326 e. The van der Waals surface area contributed by atoms with Gasteiger partial charge in [-0.05, 0) is 70.1 Å². The van der Waals surface area contributed by atoms with Gasteiger partial charge in [-0.15, -0.1) is 0 Å². The van der Waals surface area contributed by atoms with E-state index in [4.69, 9.17) is 4.74 Å². The first kappa shape index (κ1) is 25.2. The van der Waals surface area contributed by atoms with E-state index in [1.165, 1.54) is 17.8 Å². The Labute approximate surface area is 226 Å². The van der Waals surface area contributed by atoms with Crippen LogP contribution in [0.25, 0.3) is 0 Å². The molecular weight excluding hydrogens is 505 g/mol. The Morgan fingerprint density at radius 1 is 1.21 bits per heavy atom. The van der Waals surface area contributed by atoms with E-state index in [0.717, 1.165) is 31.5 Å². The van der Waals surface area contributed by atoms with Crippen LogP contribution < -0.4 is 25.6 Å². The first-order chi connectivity index (χ1) is 18.4. The van der Waals surface area contributed by atoms with E-state index in [1.807, 2.05) is 25.1 Å². The SMILES string of the molecule is Cc1cc(Oc2ccccc2)c(F)cc1N1C(=O)NC2=C(C(=O)N[C@@H]3CCCN(C)C3)SC3NCCC1C23. The van der Waals surface area contributed by atoms with Gasteiger partial charge >= 0.3 is 6.03 Å². The largest absolute Gasteiger partial charge is 0.454 e. The average Bonchev–Trinajstić information content (AvgIpc) is 3.27. The summed E-state index contributed by atoms with van der Waals surface area (Å²) in [5.74, 6) is -0.101. The highest BCUT2D eigenvalue weighted by atomic mass is 32.2. The first-order valence-electron chi connectivity index (χ1n) is 13.2. The van der Waals surface area contributed by atoms with Crippen LogP contribution in [0.2, 0.25) is 0 Å². The molecule has 2 aromatic rings. The number of hydrogen-bond donors (Lipinski definition) is 3. The summed E-state index contributed by atoms with van der Waals surface area (Å²) in [6.07, 6.45) is 2.70. The molecule has 2 aromatic carbocycles. The highest BCUT2D eigenvalue weighted by Gasteiger charge is 2.52. The standard InChI is InChI=1S/C28H32FN5O3S/c1-16-13-22(37-18-8-4-3-5-9-18)19(29)14-21(16)34-20-10-11-30-27-23(20)24(32-28(34)36)25(38-27)26(35)31-17-7-6-12-33(2)15-17/h3-5,8-9,13-14,17,20,23,27,30H,6-7,10-12,15H2,1-2H3,(H,31,35)(H,32,36)/t17-,20?,23?,27?/m1/s1. The third-order valence-electron chi connectivity index (χ3n) is 7.79. The summed E-state index contributed by atoms with van der Waals surface area (Å²) in [5.41, 5.74) is 1.93. The van der Waals surface area contributed by atoms with Gasteiger partial charge in [-0.25, -0.2) is 9.18 Å². The summed E-state index contributed by atoms with van der Waals surface area (Å²) in [7, 11) is 2.06. The molecule has 38 heavy (non-hydrogen) atoms. The zero-order valence-electron chi connectivity index (χ0n) is 21.5. The zero-order chi connectivity index (χ0) is 26.4. The third-order valence-corrected chi connectivity index (χ3v) is 9.14. The molecule has 3 amide bonds. The molecule has 0 radical (unpaired) electrons. The van der Waals surface area contributed by atoms with Crippen molar-refractivity contribution in [3.8, 4) is 11.5 Å². The number of carbonyl (C=O) groups excluding carboxylic acids is 2. The minimum absolute atomic E-state index is 0.0348. The molecule has 0 aromatic heterocycles. The predicted octanol–water partition coefficient (Wildman–Crippen LogP) is 3.93. The lowest BCUT2D eigenvalue weighted by atomic mass is 9.86. The number of nitrogens with zero attached hydrogens (tertiary/aromatic N) is 2. The number of likely N-dealkylation sites (N-methyl/N-ethyl adjacent to an activating group) is 1. The molecule has 0 bridgehead atoms. The number of benzene rings is 2. The number of anilines is 1. The number of piperidine rings is 2. The summed E-state index contributed by atoms with van der Waals surface area (Å²) in [5, 5.41) is 9.68. The Bertz CT molecular complexity index is 1290. The van der Waals surface area contributed by atoms with Gasteiger partial charge in [0.1, 0.15) is 5.75 Å². The van der Waals surface area contributed by atoms with Crippen LogP contribution in [0.5, 0.6) is 11.5 Å². The quantitative estimate of drug-likeness (QED) is 0.536. The van der Waals surface area contributed by atoms with Gasteiger partial charge in [0, 0.05) is 30.3 Å². The van der Waals surface area contributed by atoms with Crippen molar-refractivity contribution in [3.63, 3.8) is 0 Å². The summed E-state index contributed by atoms with van der Waals surface area (Å²) >= 11 is 1.49. The van der Waals surface area contributed by atoms with Crippen LogP contribution in [0.1, 0.15) is 24.8 Å². The number of urea groups is 1. The minimum atomic E-state index is -0.535. The Balaban J connectivity index is 1.27. The second kappa shape index (κ2) is 10.2. The molecule has 10 heteroatoms. The highest BCUT2D eigenvalue weighted by Crippen LogP contribution is 2.48. The maximum atomic E-state index is 15.2. The Morgan fingerprint density at radius 3 is 2.82 bits per heavy atom. The second-order valence-corrected chi connectivity index (χ2v) is 11.6. The molecule has 4 heterocycles. The molecule has 8 nitrogen and oxygen atoms in total. The van der Waals surface area contributed by atoms with Gasteiger partial charge in [0.25, 0.3) is 5.91 Å². The molecular formula is C28H32FN5O3S. The fourth-order valence-electron chi connectivity index (χ4n) is 6.03. The fourth-order valence-corrected chi connectivity index (χ4v) is 7.43. The lowest BCUT2D eigenvalue weighted by molar-refractivity contribution is -0.117. The van der Waals surface area contributed by atoms with Crippen LogP contribution in [-0.4, -0.2) is 61.0 Å². The smallest absolute Gasteiger partial charge is 0.326 e. The zero-order valence-corrected chi connectivity index (χ0v) is 22.3. The number of likely N-dealkylation sites (tertiary alicyclic amines) is 1. The van der Waals surface area contributed by atoms with Crippen LogP contribution in [0.3, 0.4) is 0 Å². The summed E-state index contributed by atoms with van der Waals surface area (Å²) < 4.78 is 21.0. The summed E-state index contributed by atoms with van der Waals surface area (Å²) in [4.78, 5) is 31.4. The molecule has 0 aliphatic carbocycles. The van der Waals surface area contributed by atoms with Crippen molar-refractivity contribution in [2.75, 3.05) is 31.6 Å². The molecule has 4 aliphatic heterocycles. The molecule has 0 spiro atoms. The third kappa shape index (κ3) is 4.65. The second-order valence-electron chi connectivity index (χ2n) is 10.5. The van der Waals surface area contributed by atoms with Crippen LogP contribution in [0.4, 0.5) is 14.9 Å². The van der Waals surface area contributed by atoms with Crippen LogP contribution in [0.15, 0.2) is 53.1 Å². The number of thioether (sulfide) groups is 1. The first-order valence-corrected chi connectivity index (χ1v) is 14.0. The maximum absolute atomic E-state index is 15.2. The van der Waals surface area contributed by atoms with E-state index in [-0.39, 0.29) is 41.1 Å². The number of ether oxygens (including phenoxy) is 1. The van der Waals surface area contributed by atoms with Gasteiger partial charge in [-0.2, -0.15) is 0 Å². The van der Waals surface area contributed by atoms with E-state index in [0.29, 0.717) is 35.0 Å². The van der Waals surface area contributed by atoms with E-state index in [9.17, 15) is 9.59 Å². The normalized spacial score (nSPS) is 27.1. The highest BCUT2D eigenvalue weighted by molar-refractivity contribution is 8.04. The molecule has 200 valence electrons. The van der Waals surface area contributed by atoms with Crippen molar-refractivity contribution < 1.29 is 18.7 Å². The van der Waals surface area contributed by atoms with Gasteiger partial charge < -0.3 is 25.6 Å². The number of aryl methyl sites for hydroxylation is 1.